The predicted molar refractivity (Wildman–Crippen MR) is 93.4 cm³/mol. The van der Waals surface area contributed by atoms with Gasteiger partial charge in [-0.1, -0.05) is 52.7 Å². The van der Waals surface area contributed by atoms with Gasteiger partial charge in [0.05, 0.1) is 10.5 Å². The fourth-order valence-electron chi connectivity index (χ4n) is 2.16. The van der Waals surface area contributed by atoms with E-state index in [0.29, 0.717) is 15.1 Å². The Morgan fingerprint density at radius 1 is 1.19 bits per heavy atom. The van der Waals surface area contributed by atoms with E-state index >= 15 is 0 Å². The molecule has 0 saturated carbocycles. The highest BCUT2D eigenvalue weighted by Gasteiger charge is 2.21. The normalized spacial score (nSPS) is 12.4. The molecule has 0 aliphatic rings. The topological polar surface area (TPSA) is 12.0 Å². The van der Waals surface area contributed by atoms with Crippen molar-refractivity contribution in [2.75, 3.05) is 6.54 Å². The minimum Gasteiger partial charge on any atom is -0.306 e. The first kappa shape index (κ1) is 16.9. The highest BCUT2D eigenvalue weighted by atomic mass is 79.9. The lowest BCUT2D eigenvalue weighted by atomic mass is 9.98. The van der Waals surface area contributed by atoms with Gasteiger partial charge in [-0.25, -0.2) is 4.39 Å². The zero-order valence-electron chi connectivity index (χ0n) is 11.5. The molecule has 1 N–H and O–H groups in total. The molecule has 2 rings (SSSR count). The van der Waals surface area contributed by atoms with Gasteiger partial charge in [0.25, 0.3) is 0 Å². The van der Waals surface area contributed by atoms with E-state index in [1.54, 1.807) is 12.1 Å². The Balaban J connectivity index is 2.49. The molecule has 0 radical (unpaired) electrons. The zero-order valence-corrected chi connectivity index (χ0v) is 15.4. The SMILES string of the molecule is CCCNC(c1ccc(Br)cc1Cl)c1cccc(Br)c1F. The fraction of sp³-hybridized carbons (Fsp3) is 0.250. The quantitative estimate of drug-likeness (QED) is 0.599. The van der Waals surface area contributed by atoms with Crippen molar-refractivity contribution in [1.29, 1.82) is 0 Å². The van der Waals surface area contributed by atoms with Gasteiger partial charge in [-0.3, -0.25) is 0 Å². The summed E-state index contributed by atoms with van der Waals surface area (Å²) >= 11 is 13.0. The van der Waals surface area contributed by atoms with Crippen LogP contribution in [0.3, 0.4) is 0 Å². The van der Waals surface area contributed by atoms with E-state index in [4.69, 9.17) is 11.6 Å². The van der Waals surface area contributed by atoms with Crippen LogP contribution in [-0.2, 0) is 0 Å². The van der Waals surface area contributed by atoms with Gasteiger partial charge in [0.15, 0.2) is 0 Å². The maximum Gasteiger partial charge on any atom is 0.142 e. The van der Waals surface area contributed by atoms with Gasteiger partial charge in [0, 0.05) is 15.1 Å². The molecular formula is C16H15Br2ClFN. The van der Waals surface area contributed by atoms with Crippen molar-refractivity contribution in [3.63, 3.8) is 0 Å². The lowest BCUT2D eigenvalue weighted by molar-refractivity contribution is 0.543. The predicted octanol–water partition coefficient (Wildman–Crippen LogP) is 6.09. The van der Waals surface area contributed by atoms with Gasteiger partial charge in [-0.2, -0.15) is 0 Å². The van der Waals surface area contributed by atoms with E-state index in [1.807, 2.05) is 24.3 Å². The van der Waals surface area contributed by atoms with Crippen molar-refractivity contribution in [2.45, 2.75) is 19.4 Å². The van der Waals surface area contributed by atoms with Crippen LogP contribution >= 0.6 is 43.5 Å². The summed E-state index contributed by atoms with van der Waals surface area (Å²) in [6.07, 6.45) is 0.959. The molecule has 0 fully saturated rings. The highest BCUT2D eigenvalue weighted by Crippen LogP contribution is 2.33. The molecule has 21 heavy (non-hydrogen) atoms. The number of halogens is 4. The number of rotatable bonds is 5. The second-order valence-electron chi connectivity index (χ2n) is 4.70. The molecule has 1 unspecified atom stereocenters. The van der Waals surface area contributed by atoms with Crippen LogP contribution in [0, 0.1) is 5.82 Å². The van der Waals surface area contributed by atoms with Gasteiger partial charge in [0.1, 0.15) is 5.82 Å². The van der Waals surface area contributed by atoms with E-state index in [2.05, 4.69) is 44.1 Å². The summed E-state index contributed by atoms with van der Waals surface area (Å²) in [6.45, 7) is 2.85. The molecule has 112 valence electrons. The Bertz CT molecular complexity index is 634. The second-order valence-corrected chi connectivity index (χ2v) is 6.87. The van der Waals surface area contributed by atoms with Gasteiger partial charge in [0.2, 0.25) is 0 Å². The standard InChI is InChI=1S/C16H15Br2ClFN/c1-2-8-21-16(11-7-6-10(17)9-14(11)19)12-4-3-5-13(18)15(12)20/h3-7,9,16,21H,2,8H2,1H3. The maximum atomic E-state index is 14.4. The average molecular weight is 436 g/mol. The van der Waals surface area contributed by atoms with E-state index in [-0.39, 0.29) is 11.9 Å². The Morgan fingerprint density at radius 3 is 2.62 bits per heavy atom. The first-order valence-electron chi connectivity index (χ1n) is 6.66. The third-order valence-corrected chi connectivity index (χ3v) is 4.60. The molecular weight excluding hydrogens is 420 g/mol. The molecule has 0 aromatic heterocycles. The van der Waals surface area contributed by atoms with Crippen LogP contribution in [0.5, 0.6) is 0 Å². The van der Waals surface area contributed by atoms with Crippen LogP contribution in [0.4, 0.5) is 4.39 Å². The Labute approximate surface area is 146 Å². The van der Waals surface area contributed by atoms with Crippen LogP contribution in [0.15, 0.2) is 45.3 Å². The largest absolute Gasteiger partial charge is 0.306 e. The fourth-order valence-corrected chi connectivity index (χ4v) is 3.32. The van der Waals surface area contributed by atoms with Crippen molar-refractivity contribution in [3.05, 3.63) is 67.3 Å². The molecule has 0 heterocycles. The minimum absolute atomic E-state index is 0.259. The van der Waals surface area contributed by atoms with Gasteiger partial charge < -0.3 is 5.32 Å². The Morgan fingerprint density at radius 2 is 1.95 bits per heavy atom. The molecule has 5 heteroatoms. The minimum atomic E-state index is -0.275. The van der Waals surface area contributed by atoms with Gasteiger partial charge >= 0.3 is 0 Å². The first-order chi connectivity index (χ1) is 10.0. The van der Waals surface area contributed by atoms with Crippen LogP contribution in [0.1, 0.15) is 30.5 Å². The van der Waals surface area contributed by atoms with Gasteiger partial charge in [-0.05, 0) is 52.7 Å². The number of benzene rings is 2. The van der Waals surface area contributed by atoms with Crippen molar-refractivity contribution in [2.24, 2.45) is 0 Å². The van der Waals surface area contributed by atoms with Crippen molar-refractivity contribution in [3.8, 4) is 0 Å². The van der Waals surface area contributed by atoms with Crippen molar-refractivity contribution >= 4 is 43.5 Å². The smallest absolute Gasteiger partial charge is 0.142 e. The van der Waals surface area contributed by atoms with Crippen LogP contribution < -0.4 is 5.32 Å². The molecule has 0 aliphatic heterocycles. The molecule has 0 saturated heterocycles. The van der Waals surface area contributed by atoms with Crippen molar-refractivity contribution in [1.82, 2.24) is 5.32 Å². The number of hydrogen-bond acceptors (Lipinski definition) is 1. The molecule has 0 amide bonds. The molecule has 0 spiro atoms. The molecule has 2 aromatic rings. The lowest BCUT2D eigenvalue weighted by Gasteiger charge is -2.22. The Kier molecular flexibility index (Phi) is 6.23. The molecule has 0 aliphatic carbocycles. The maximum absolute atomic E-state index is 14.4. The summed E-state index contributed by atoms with van der Waals surface area (Å²) in [4.78, 5) is 0. The van der Waals surface area contributed by atoms with Crippen LogP contribution in [0.2, 0.25) is 5.02 Å². The van der Waals surface area contributed by atoms with E-state index in [1.165, 1.54) is 0 Å². The summed E-state index contributed by atoms with van der Waals surface area (Å²) < 4.78 is 15.8. The average Bonchev–Trinajstić information content (AvgIpc) is 2.45. The summed E-state index contributed by atoms with van der Waals surface area (Å²) in [5.74, 6) is -0.259. The monoisotopic (exact) mass is 433 g/mol. The summed E-state index contributed by atoms with van der Waals surface area (Å²) in [5.41, 5.74) is 1.45. The van der Waals surface area contributed by atoms with E-state index in [9.17, 15) is 4.39 Å². The van der Waals surface area contributed by atoms with Gasteiger partial charge in [-0.15, -0.1) is 0 Å². The lowest BCUT2D eigenvalue weighted by Crippen LogP contribution is -2.24. The third kappa shape index (κ3) is 4.07. The summed E-state index contributed by atoms with van der Waals surface area (Å²) in [6, 6.07) is 10.7. The molecule has 1 nitrogen and oxygen atoms in total. The number of hydrogen-bond donors (Lipinski definition) is 1. The second kappa shape index (κ2) is 7.73. The summed E-state index contributed by atoms with van der Waals surface area (Å²) in [7, 11) is 0. The van der Waals surface area contributed by atoms with Crippen LogP contribution in [0.25, 0.3) is 0 Å². The Hall–Kier alpha value is -0.420. The third-order valence-electron chi connectivity index (χ3n) is 3.16. The molecule has 2 aromatic carbocycles. The zero-order chi connectivity index (χ0) is 15.4. The molecule has 1 atom stereocenters. The molecule has 0 bridgehead atoms. The van der Waals surface area contributed by atoms with Crippen LogP contribution in [-0.4, -0.2) is 6.54 Å². The number of nitrogens with one attached hydrogen (secondary N) is 1. The first-order valence-corrected chi connectivity index (χ1v) is 8.63. The summed E-state index contributed by atoms with van der Waals surface area (Å²) in [5, 5.41) is 3.98. The van der Waals surface area contributed by atoms with Crippen molar-refractivity contribution < 1.29 is 4.39 Å². The van der Waals surface area contributed by atoms with E-state index in [0.717, 1.165) is 23.0 Å². The van der Waals surface area contributed by atoms with E-state index < -0.39 is 0 Å². The highest BCUT2D eigenvalue weighted by molar-refractivity contribution is 9.10.